The van der Waals surface area contributed by atoms with Crippen LogP contribution in [0, 0.1) is 0 Å². The van der Waals surface area contributed by atoms with Crippen molar-refractivity contribution in [3.8, 4) is 5.75 Å². The molecule has 0 saturated carbocycles. The van der Waals surface area contributed by atoms with Gasteiger partial charge in [0.1, 0.15) is 12.2 Å². The van der Waals surface area contributed by atoms with Crippen LogP contribution in [0.2, 0.25) is 0 Å². The highest BCUT2D eigenvalue weighted by molar-refractivity contribution is 5.95. The fourth-order valence-corrected chi connectivity index (χ4v) is 1.89. The van der Waals surface area contributed by atoms with Gasteiger partial charge in [0.2, 0.25) is 5.91 Å². The van der Waals surface area contributed by atoms with Crippen LogP contribution in [0.15, 0.2) is 42.5 Å². The number of hydrogen-bond donors (Lipinski definition) is 2. The molecule has 120 valence electrons. The number of rotatable bonds is 5. The summed E-state index contributed by atoms with van der Waals surface area (Å²) in [6.07, 6.45) is -0.471. The zero-order valence-corrected chi connectivity index (χ0v) is 12.5. The van der Waals surface area contributed by atoms with Crippen LogP contribution in [-0.4, -0.2) is 31.5 Å². The molecule has 2 amide bonds. The van der Waals surface area contributed by atoms with Gasteiger partial charge < -0.3 is 9.47 Å². The van der Waals surface area contributed by atoms with E-state index in [1.807, 2.05) is 36.4 Å². The molecule has 7 heteroatoms. The predicted octanol–water partition coefficient (Wildman–Crippen LogP) is 0.929. The van der Waals surface area contributed by atoms with Gasteiger partial charge in [-0.1, -0.05) is 36.4 Å². The van der Waals surface area contributed by atoms with Gasteiger partial charge in [-0.05, 0) is 11.5 Å². The van der Waals surface area contributed by atoms with Crippen LogP contribution in [0.4, 0.5) is 0 Å². The number of methoxy groups -OCH3 is 1. The lowest BCUT2D eigenvalue weighted by Gasteiger charge is -2.10. The summed E-state index contributed by atoms with van der Waals surface area (Å²) in [6.45, 7) is -0.271. The third kappa shape index (κ3) is 4.70. The van der Waals surface area contributed by atoms with E-state index in [4.69, 9.17) is 4.74 Å². The molecule has 0 unspecified atom stereocenters. The molecule has 0 bridgehead atoms. The third-order valence-corrected chi connectivity index (χ3v) is 2.98. The van der Waals surface area contributed by atoms with E-state index < -0.39 is 24.2 Å². The number of hydrogen-bond acceptors (Lipinski definition) is 5. The first-order chi connectivity index (χ1) is 11.1. The van der Waals surface area contributed by atoms with Crippen LogP contribution >= 0.6 is 0 Å². The van der Waals surface area contributed by atoms with Crippen molar-refractivity contribution in [2.24, 2.45) is 0 Å². The summed E-state index contributed by atoms with van der Waals surface area (Å²) in [5.74, 6) is -1.34. The maximum absolute atomic E-state index is 11.6. The zero-order valence-electron chi connectivity index (χ0n) is 12.5. The number of amides is 2. The Morgan fingerprint density at radius 3 is 2.43 bits per heavy atom. The number of nitrogens with one attached hydrogen (secondary N) is 2. The first-order valence-corrected chi connectivity index (χ1v) is 6.85. The Morgan fingerprint density at radius 1 is 0.957 bits per heavy atom. The smallest absolute Gasteiger partial charge is 0.315 e. The molecule has 0 atom stereocenters. The lowest BCUT2D eigenvalue weighted by Crippen LogP contribution is -2.44. The largest absolute Gasteiger partial charge is 0.483 e. The van der Waals surface area contributed by atoms with Crippen molar-refractivity contribution in [2.75, 3.05) is 13.7 Å². The molecule has 0 aliphatic heterocycles. The van der Waals surface area contributed by atoms with Crippen molar-refractivity contribution < 1.29 is 23.9 Å². The fraction of sp³-hybridized carbons (Fsp3) is 0.188. The number of carbonyl (C=O) groups excluding carboxylic acids is 3. The van der Waals surface area contributed by atoms with E-state index >= 15 is 0 Å². The van der Waals surface area contributed by atoms with Crippen LogP contribution in [0.25, 0.3) is 10.8 Å². The summed E-state index contributed by atoms with van der Waals surface area (Å²) in [7, 11) is 1.17. The van der Waals surface area contributed by atoms with Gasteiger partial charge in [0, 0.05) is 5.39 Å². The van der Waals surface area contributed by atoms with Gasteiger partial charge in [0.05, 0.1) is 7.11 Å². The van der Waals surface area contributed by atoms with Gasteiger partial charge in [0.15, 0.2) is 6.61 Å². The number of carbonyl (C=O) groups is 3. The highest BCUT2D eigenvalue weighted by Gasteiger charge is 2.11. The van der Waals surface area contributed by atoms with Crippen molar-refractivity contribution in [1.82, 2.24) is 10.9 Å². The summed E-state index contributed by atoms with van der Waals surface area (Å²) in [6, 6.07) is 13.1. The van der Waals surface area contributed by atoms with Crippen LogP contribution in [-0.2, 0) is 19.1 Å². The number of hydrazine groups is 1. The van der Waals surface area contributed by atoms with Crippen LogP contribution in [0.5, 0.6) is 5.75 Å². The monoisotopic (exact) mass is 316 g/mol. The van der Waals surface area contributed by atoms with Gasteiger partial charge in [-0.2, -0.15) is 0 Å². The molecule has 2 aromatic carbocycles. The lowest BCUT2D eigenvalue weighted by atomic mass is 10.1. The Bertz CT molecular complexity index is 724. The topological polar surface area (TPSA) is 93.7 Å². The Hall–Kier alpha value is -3.09. The normalized spacial score (nSPS) is 9.96. The van der Waals surface area contributed by atoms with Crippen molar-refractivity contribution >= 4 is 28.6 Å². The molecule has 0 saturated heterocycles. The molecule has 2 rings (SSSR count). The van der Waals surface area contributed by atoms with Gasteiger partial charge in [-0.25, -0.2) is 0 Å². The van der Waals surface area contributed by atoms with Crippen LogP contribution < -0.4 is 15.6 Å². The molecule has 7 nitrogen and oxygen atoms in total. The van der Waals surface area contributed by atoms with E-state index in [0.717, 1.165) is 10.8 Å². The maximum atomic E-state index is 11.6. The summed E-state index contributed by atoms with van der Waals surface area (Å²) >= 11 is 0. The van der Waals surface area contributed by atoms with Gasteiger partial charge >= 0.3 is 5.97 Å². The molecule has 0 aromatic heterocycles. The number of ether oxygens (including phenoxy) is 2. The van der Waals surface area contributed by atoms with E-state index in [1.165, 1.54) is 7.11 Å². The average molecular weight is 316 g/mol. The first-order valence-electron chi connectivity index (χ1n) is 6.85. The second kappa shape index (κ2) is 7.79. The van der Waals surface area contributed by atoms with Gasteiger partial charge in [-0.3, -0.25) is 25.2 Å². The molecule has 0 radical (unpaired) electrons. The molecule has 23 heavy (non-hydrogen) atoms. The third-order valence-electron chi connectivity index (χ3n) is 2.98. The molecule has 0 fully saturated rings. The number of benzene rings is 2. The Labute approximate surface area is 132 Å². The highest BCUT2D eigenvalue weighted by atomic mass is 16.5. The van der Waals surface area contributed by atoms with E-state index in [-0.39, 0.29) is 6.61 Å². The van der Waals surface area contributed by atoms with Crippen molar-refractivity contribution in [1.29, 1.82) is 0 Å². The zero-order chi connectivity index (χ0) is 16.7. The van der Waals surface area contributed by atoms with E-state index in [1.54, 1.807) is 6.07 Å². The molecule has 0 spiro atoms. The minimum Gasteiger partial charge on any atom is -0.483 e. The number of esters is 1. The average Bonchev–Trinajstić information content (AvgIpc) is 2.57. The van der Waals surface area contributed by atoms with E-state index in [9.17, 15) is 14.4 Å². The maximum Gasteiger partial charge on any atom is 0.315 e. The van der Waals surface area contributed by atoms with Crippen molar-refractivity contribution in [3.05, 3.63) is 42.5 Å². The lowest BCUT2D eigenvalue weighted by molar-refractivity contribution is -0.144. The van der Waals surface area contributed by atoms with E-state index in [2.05, 4.69) is 15.6 Å². The summed E-state index contributed by atoms with van der Waals surface area (Å²) in [5, 5.41) is 1.88. The minimum atomic E-state index is -0.691. The highest BCUT2D eigenvalue weighted by Crippen LogP contribution is 2.24. The van der Waals surface area contributed by atoms with Crippen LogP contribution in [0.1, 0.15) is 6.42 Å². The Morgan fingerprint density at radius 2 is 1.65 bits per heavy atom. The molecular formula is C16H16N2O5. The van der Waals surface area contributed by atoms with Gasteiger partial charge in [0.25, 0.3) is 5.91 Å². The molecule has 0 aliphatic rings. The predicted molar refractivity (Wildman–Crippen MR) is 82.4 cm³/mol. The summed E-state index contributed by atoms with van der Waals surface area (Å²) in [4.78, 5) is 33.8. The standard InChI is InChI=1S/C16H16N2O5/c1-22-16(21)9-14(19)17-18-15(20)10-23-13-8-4-6-11-5-2-3-7-12(11)13/h2-8H,9-10H2,1H3,(H,17,19)(H,18,20). The summed E-state index contributed by atoms with van der Waals surface area (Å²) < 4.78 is 9.80. The van der Waals surface area contributed by atoms with E-state index in [0.29, 0.717) is 5.75 Å². The number of fused-ring (bicyclic) bond motifs is 1. The van der Waals surface area contributed by atoms with Crippen molar-refractivity contribution in [3.63, 3.8) is 0 Å². The Kier molecular flexibility index (Phi) is 5.51. The van der Waals surface area contributed by atoms with Crippen LogP contribution in [0.3, 0.4) is 0 Å². The molecule has 2 N–H and O–H groups in total. The van der Waals surface area contributed by atoms with Crippen molar-refractivity contribution in [2.45, 2.75) is 6.42 Å². The molecule has 0 aliphatic carbocycles. The second-order valence-electron chi connectivity index (χ2n) is 4.62. The Balaban J connectivity index is 1.84. The molecule has 2 aromatic rings. The molecular weight excluding hydrogens is 300 g/mol. The summed E-state index contributed by atoms with van der Waals surface area (Å²) in [5.41, 5.74) is 4.26. The first kappa shape index (κ1) is 16.3. The second-order valence-corrected chi connectivity index (χ2v) is 4.62. The SMILES string of the molecule is COC(=O)CC(=O)NNC(=O)COc1cccc2ccccc12. The van der Waals surface area contributed by atoms with Gasteiger partial charge in [-0.15, -0.1) is 0 Å². The fourth-order valence-electron chi connectivity index (χ4n) is 1.89. The minimum absolute atomic E-state index is 0.271. The molecule has 0 heterocycles. The quantitative estimate of drug-likeness (QED) is 0.486.